The van der Waals surface area contributed by atoms with Gasteiger partial charge < -0.3 is 16.0 Å². The Kier molecular flexibility index (Phi) is 4.57. The Balaban J connectivity index is 1.58. The van der Waals surface area contributed by atoms with Crippen LogP contribution in [0.25, 0.3) is 0 Å². The van der Waals surface area contributed by atoms with Gasteiger partial charge in [-0.3, -0.25) is 14.5 Å². The molecule has 0 aromatic rings. The van der Waals surface area contributed by atoms with E-state index in [0.29, 0.717) is 19.4 Å². The zero-order valence-corrected chi connectivity index (χ0v) is 13.6. The smallest absolute Gasteiger partial charge is 0.325 e. The van der Waals surface area contributed by atoms with Crippen molar-refractivity contribution < 1.29 is 14.4 Å². The number of hydrogen-bond acceptors (Lipinski definition) is 4. The van der Waals surface area contributed by atoms with Crippen molar-refractivity contribution in [1.29, 1.82) is 0 Å². The normalized spacial score (nSPS) is 26.9. The average Bonchev–Trinajstić information content (AvgIpc) is 3.12. The number of hydrogen-bond donors (Lipinski definition) is 2. The summed E-state index contributed by atoms with van der Waals surface area (Å²) in [5.41, 5.74) is 5.06. The number of likely N-dealkylation sites (tertiary alicyclic amines) is 1. The van der Waals surface area contributed by atoms with Crippen molar-refractivity contribution in [3.63, 3.8) is 0 Å². The molecule has 7 nitrogen and oxygen atoms in total. The third kappa shape index (κ3) is 2.94. The van der Waals surface area contributed by atoms with E-state index >= 15 is 0 Å². The highest BCUT2D eigenvalue weighted by Gasteiger charge is 2.52. The standard InChI is InChI=1S/C16H26N4O3/c17-11-12-5-1-4-9-19(12)13(21)6-10-20-14(22)16(18-15(20)23)7-2-3-8-16/h12H,1-11,17H2,(H,18,23). The van der Waals surface area contributed by atoms with Gasteiger partial charge in [-0.1, -0.05) is 12.8 Å². The van der Waals surface area contributed by atoms with Crippen LogP contribution in [0.4, 0.5) is 4.79 Å². The zero-order chi connectivity index (χ0) is 16.4. The molecule has 0 aromatic carbocycles. The summed E-state index contributed by atoms with van der Waals surface area (Å²) in [4.78, 5) is 40.2. The minimum Gasteiger partial charge on any atom is -0.338 e. The Bertz CT molecular complexity index is 502. The van der Waals surface area contributed by atoms with Crippen LogP contribution in [0, 0.1) is 0 Å². The summed E-state index contributed by atoms with van der Waals surface area (Å²) in [6.45, 7) is 1.36. The topological polar surface area (TPSA) is 95.7 Å². The summed E-state index contributed by atoms with van der Waals surface area (Å²) >= 11 is 0. The first kappa shape index (κ1) is 16.2. The van der Waals surface area contributed by atoms with Gasteiger partial charge in [-0.15, -0.1) is 0 Å². The molecule has 1 saturated carbocycles. The molecule has 1 unspecified atom stereocenters. The van der Waals surface area contributed by atoms with Crippen molar-refractivity contribution in [1.82, 2.24) is 15.1 Å². The lowest BCUT2D eigenvalue weighted by atomic mass is 9.98. The number of carbonyl (C=O) groups excluding carboxylic acids is 3. The molecule has 1 spiro atoms. The Hall–Kier alpha value is -1.63. The van der Waals surface area contributed by atoms with Gasteiger partial charge in [0.2, 0.25) is 5.91 Å². The maximum atomic E-state index is 12.5. The van der Waals surface area contributed by atoms with Crippen molar-refractivity contribution in [2.24, 2.45) is 5.73 Å². The van der Waals surface area contributed by atoms with E-state index in [9.17, 15) is 14.4 Å². The summed E-state index contributed by atoms with van der Waals surface area (Å²) in [6, 6.07) is -0.251. The van der Waals surface area contributed by atoms with Crippen molar-refractivity contribution in [3.05, 3.63) is 0 Å². The molecule has 23 heavy (non-hydrogen) atoms. The van der Waals surface area contributed by atoms with Crippen LogP contribution in [0.1, 0.15) is 51.4 Å². The van der Waals surface area contributed by atoms with Crippen molar-refractivity contribution >= 4 is 17.8 Å². The molecule has 1 aliphatic carbocycles. The molecule has 2 saturated heterocycles. The average molecular weight is 322 g/mol. The van der Waals surface area contributed by atoms with Crippen LogP contribution in [-0.4, -0.2) is 58.9 Å². The van der Waals surface area contributed by atoms with Crippen LogP contribution in [0.3, 0.4) is 0 Å². The first-order chi connectivity index (χ1) is 11.1. The highest BCUT2D eigenvalue weighted by atomic mass is 16.2. The number of carbonyl (C=O) groups is 3. The largest absolute Gasteiger partial charge is 0.338 e. The molecule has 2 heterocycles. The van der Waals surface area contributed by atoms with E-state index in [1.54, 1.807) is 0 Å². The van der Waals surface area contributed by atoms with Crippen molar-refractivity contribution in [2.75, 3.05) is 19.6 Å². The molecule has 128 valence electrons. The van der Waals surface area contributed by atoms with Gasteiger partial charge in [0.1, 0.15) is 5.54 Å². The quantitative estimate of drug-likeness (QED) is 0.740. The van der Waals surface area contributed by atoms with Crippen molar-refractivity contribution in [3.8, 4) is 0 Å². The number of imide groups is 1. The Morgan fingerprint density at radius 1 is 1.22 bits per heavy atom. The summed E-state index contributed by atoms with van der Waals surface area (Å²) < 4.78 is 0. The Morgan fingerprint density at radius 2 is 1.96 bits per heavy atom. The molecule has 7 heteroatoms. The van der Waals surface area contributed by atoms with E-state index in [-0.39, 0.29) is 36.9 Å². The lowest BCUT2D eigenvalue weighted by Gasteiger charge is -2.35. The van der Waals surface area contributed by atoms with E-state index in [0.717, 1.165) is 38.6 Å². The predicted octanol–water partition coefficient (Wildman–Crippen LogP) is 0.581. The number of nitrogens with two attached hydrogens (primary N) is 1. The fourth-order valence-corrected chi connectivity index (χ4v) is 4.12. The van der Waals surface area contributed by atoms with Crippen LogP contribution in [0.15, 0.2) is 0 Å². The van der Waals surface area contributed by atoms with E-state index in [2.05, 4.69) is 5.32 Å². The van der Waals surface area contributed by atoms with Gasteiger partial charge in [-0.05, 0) is 32.1 Å². The van der Waals surface area contributed by atoms with Gasteiger partial charge in [0.15, 0.2) is 0 Å². The van der Waals surface area contributed by atoms with E-state index < -0.39 is 5.54 Å². The second-order valence-corrected chi connectivity index (χ2v) is 6.90. The lowest BCUT2D eigenvalue weighted by molar-refractivity contribution is -0.136. The van der Waals surface area contributed by atoms with E-state index in [4.69, 9.17) is 5.73 Å². The molecule has 4 amide bonds. The Labute approximate surface area is 136 Å². The zero-order valence-electron chi connectivity index (χ0n) is 13.6. The number of rotatable bonds is 4. The fraction of sp³-hybridized carbons (Fsp3) is 0.812. The first-order valence-corrected chi connectivity index (χ1v) is 8.71. The molecule has 1 atom stereocenters. The van der Waals surface area contributed by atoms with Crippen LogP contribution in [0.2, 0.25) is 0 Å². The minimum absolute atomic E-state index is 0.00637. The van der Waals surface area contributed by atoms with Crippen LogP contribution < -0.4 is 11.1 Å². The maximum absolute atomic E-state index is 12.5. The predicted molar refractivity (Wildman–Crippen MR) is 84.5 cm³/mol. The van der Waals surface area contributed by atoms with Crippen molar-refractivity contribution in [2.45, 2.75) is 62.9 Å². The summed E-state index contributed by atoms with van der Waals surface area (Å²) in [6.07, 6.45) is 6.57. The van der Waals surface area contributed by atoms with E-state index in [1.807, 2.05) is 4.90 Å². The molecule has 3 fully saturated rings. The highest BCUT2D eigenvalue weighted by molar-refractivity contribution is 6.07. The lowest BCUT2D eigenvalue weighted by Crippen LogP contribution is -2.48. The highest BCUT2D eigenvalue weighted by Crippen LogP contribution is 2.35. The molecule has 3 rings (SSSR count). The number of piperidine rings is 1. The Morgan fingerprint density at radius 3 is 2.65 bits per heavy atom. The molecule has 0 aromatic heterocycles. The molecular formula is C16H26N4O3. The third-order valence-electron chi connectivity index (χ3n) is 5.47. The molecular weight excluding hydrogens is 296 g/mol. The number of urea groups is 1. The van der Waals surface area contributed by atoms with Gasteiger partial charge in [0, 0.05) is 32.1 Å². The van der Waals surface area contributed by atoms with Crippen LogP contribution in [-0.2, 0) is 9.59 Å². The van der Waals surface area contributed by atoms with Crippen LogP contribution in [0.5, 0.6) is 0 Å². The molecule has 3 N–H and O–H groups in total. The van der Waals surface area contributed by atoms with Crippen LogP contribution >= 0.6 is 0 Å². The first-order valence-electron chi connectivity index (χ1n) is 8.71. The molecule has 0 bridgehead atoms. The van der Waals surface area contributed by atoms with E-state index in [1.165, 1.54) is 4.90 Å². The minimum atomic E-state index is -0.689. The molecule has 2 aliphatic heterocycles. The van der Waals surface area contributed by atoms with Gasteiger partial charge in [0.25, 0.3) is 5.91 Å². The fourth-order valence-electron chi connectivity index (χ4n) is 4.12. The van der Waals surface area contributed by atoms with Gasteiger partial charge in [-0.25, -0.2) is 4.79 Å². The summed E-state index contributed by atoms with van der Waals surface area (Å²) in [5, 5.41) is 2.84. The second-order valence-electron chi connectivity index (χ2n) is 6.90. The number of amides is 4. The van der Waals surface area contributed by atoms with Gasteiger partial charge >= 0.3 is 6.03 Å². The third-order valence-corrected chi connectivity index (χ3v) is 5.47. The summed E-state index contributed by atoms with van der Waals surface area (Å²) in [5.74, 6) is -0.157. The summed E-state index contributed by atoms with van der Waals surface area (Å²) in [7, 11) is 0. The number of nitrogens with zero attached hydrogens (tertiary/aromatic N) is 2. The SMILES string of the molecule is NCC1CCCCN1C(=O)CCN1C(=O)NC2(CCCC2)C1=O. The molecule has 3 aliphatic rings. The monoisotopic (exact) mass is 322 g/mol. The van der Waals surface area contributed by atoms with Gasteiger partial charge in [-0.2, -0.15) is 0 Å². The number of nitrogens with one attached hydrogen (secondary N) is 1. The maximum Gasteiger partial charge on any atom is 0.325 e. The molecule has 0 radical (unpaired) electrons. The second kappa shape index (κ2) is 6.47. The van der Waals surface area contributed by atoms with Gasteiger partial charge in [0.05, 0.1) is 0 Å².